The summed E-state index contributed by atoms with van der Waals surface area (Å²) in [5, 5.41) is 0. The molecule has 1 aliphatic rings. The maximum absolute atomic E-state index is 12.8. The highest BCUT2D eigenvalue weighted by Crippen LogP contribution is 2.39. The first-order valence-electron chi connectivity index (χ1n) is 7.90. The number of ether oxygens (including phenoxy) is 1. The molecule has 1 saturated carbocycles. The highest BCUT2D eigenvalue weighted by Gasteiger charge is 2.33. The standard InChI is InChI=1S/C18H27NO2/c1-13-10-17(21-3)14(2)9-15(13)16(20)11-18(12-19)7-5-4-6-8-18/h9-10H,4-8,11-12,19H2,1-3H3. The number of nitrogens with two attached hydrogens (primary N) is 1. The minimum Gasteiger partial charge on any atom is -0.496 e. The van der Waals surface area contributed by atoms with Gasteiger partial charge in [0.1, 0.15) is 5.75 Å². The molecule has 0 atom stereocenters. The van der Waals surface area contributed by atoms with Gasteiger partial charge in [-0.25, -0.2) is 0 Å². The summed E-state index contributed by atoms with van der Waals surface area (Å²) in [6.07, 6.45) is 6.43. The molecule has 0 spiro atoms. The summed E-state index contributed by atoms with van der Waals surface area (Å²) in [6.45, 7) is 4.58. The Hall–Kier alpha value is -1.35. The van der Waals surface area contributed by atoms with Crippen LogP contribution < -0.4 is 10.5 Å². The second kappa shape index (κ2) is 6.61. The fraction of sp³-hybridized carbons (Fsp3) is 0.611. The molecule has 0 unspecified atom stereocenters. The van der Waals surface area contributed by atoms with E-state index in [1.165, 1.54) is 19.3 Å². The molecule has 1 aromatic carbocycles. The van der Waals surface area contributed by atoms with Crippen molar-refractivity contribution < 1.29 is 9.53 Å². The Morgan fingerprint density at radius 1 is 1.19 bits per heavy atom. The van der Waals surface area contributed by atoms with Crippen LogP contribution in [0.4, 0.5) is 0 Å². The van der Waals surface area contributed by atoms with Gasteiger partial charge in [0.25, 0.3) is 0 Å². The lowest BCUT2D eigenvalue weighted by Crippen LogP contribution is -2.35. The first-order valence-corrected chi connectivity index (χ1v) is 7.90. The van der Waals surface area contributed by atoms with Crippen molar-refractivity contribution in [2.75, 3.05) is 13.7 Å². The Bertz CT molecular complexity index is 516. The lowest BCUT2D eigenvalue weighted by atomic mass is 9.70. The van der Waals surface area contributed by atoms with Gasteiger partial charge in [0.05, 0.1) is 7.11 Å². The summed E-state index contributed by atoms with van der Waals surface area (Å²) in [5.41, 5.74) is 8.86. The zero-order valence-electron chi connectivity index (χ0n) is 13.5. The number of rotatable bonds is 5. The van der Waals surface area contributed by atoms with Gasteiger partial charge in [0.15, 0.2) is 5.78 Å². The molecule has 3 heteroatoms. The number of hydrogen-bond donors (Lipinski definition) is 1. The fourth-order valence-electron chi connectivity index (χ4n) is 3.50. The Morgan fingerprint density at radius 2 is 1.86 bits per heavy atom. The molecule has 1 fully saturated rings. The molecule has 0 amide bonds. The number of ketones is 1. The summed E-state index contributed by atoms with van der Waals surface area (Å²) in [6, 6.07) is 3.92. The van der Waals surface area contributed by atoms with E-state index in [-0.39, 0.29) is 11.2 Å². The average Bonchev–Trinajstić information content (AvgIpc) is 2.50. The van der Waals surface area contributed by atoms with Crippen molar-refractivity contribution in [3.05, 3.63) is 28.8 Å². The van der Waals surface area contributed by atoms with E-state index < -0.39 is 0 Å². The number of carbonyl (C=O) groups is 1. The quantitative estimate of drug-likeness (QED) is 0.839. The van der Waals surface area contributed by atoms with Crippen LogP contribution >= 0.6 is 0 Å². The second-order valence-electron chi connectivity index (χ2n) is 6.50. The summed E-state index contributed by atoms with van der Waals surface area (Å²) in [5.74, 6) is 1.07. The smallest absolute Gasteiger partial charge is 0.163 e. The number of carbonyl (C=O) groups excluding carboxylic acids is 1. The maximum Gasteiger partial charge on any atom is 0.163 e. The predicted molar refractivity (Wildman–Crippen MR) is 86.0 cm³/mol. The van der Waals surface area contributed by atoms with E-state index in [2.05, 4.69) is 0 Å². The van der Waals surface area contributed by atoms with E-state index in [0.29, 0.717) is 13.0 Å². The van der Waals surface area contributed by atoms with Gasteiger partial charge in [-0.2, -0.15) is 0 Å². The largest absolute Gasteiger partial charge is 0.496 e. The summed E-state index contributed by atoms with van der Waals surface area (Å²) in [7, 11) is 1.66. The molecule has 0 radical (unpaired) electrons. The van der Waals surface area contributed by atoms with Gasteiger partial charge >= 0.3 is 0 Å². The molecule has 0 bridgehead atoms. The summed E-state index contributed by atoms with van der Waals surface area (Å²) < 4.78 is 5.32. The highest BCUT2D eigenvalue weighted by molar-refractivity contribution is 5.98. The van der Waals surface area contributed by atoms with E-state index in [9.17, 15) is 4.79 Å². The molecule has 0 heterocycles. The molecule has 0 saturated heterocycles. The highest BCUT2D eigenvalue weighted by atomic mass is 16.5. The molecular formula is C18H27NO2. The Balaban J connectivity index is 2.21. The molecule has 1 aromatic rings. The minimum atomic E-state index is 0.0234. The van der Waals surface area contributed by atoms with Gasteiger partial charge in [0, 0.05) is 12.0 Å². The van der Waals surface area contributed by atoms with Gasteiger partial charge in [0.2, 0.25) is 0 Å². The van der Waals surface area contributed by atoms with Crippen LogP contribution in [0.1, 0.15) is 60.0 Å². The third-order valence-electron chi connectivity index (χ3n) is 4.93. The van der Waals surface area contributed by atoms with Gasteiger partial charge in [-0.3, -0.25) is 4.79 Å². The average molecular weight is 289 g/mol. The Morgan fingerprint density at radius 3 is 2.43 bits per heavy atom. The van der Waals surface area contributed by atoms with E-state index in [4.69, 9.17) is 10.5 Å². The van der Waals surface area contributed by atoms with Crippen LogP contribution in [0.15, 0.2) is 12.1 Å². The number of Topliss-reactive ketones (excluding diaryl/α,β-unsaturated/α-hetero) is 1. The topological polar surface area (TPSA) is 52.3 Å². The van der Waals surface area contributed by atoms with Crippen molar-refractivity contribution in [2.45, 2.75) is 52.4 Å². The van der Waals surface area contributed by atoms with Crippen molar-refractivity contribution in [3.8, 4) is 5.75 Å². The normalized spacial score (nSPS) is 17.5. The lowest BCUT2D eigenvalue weighted by molar-refractivity contribution is 0.0867. The van der Waals surface area contributed by atoms with Crippen molar-refractivity contribution in [1.82, 2.24) is 0 Å². The fourth-order valence-corrected chi connectivity index (χ4v) is 3.50. The van der Waals surface area contributed by atoms with E-state index in [1.807, 2.05) is 26.0 Å². The van der Waals surface area contributed by atoms with Crippen LogP contribution in [0.3, 0.4) is 0 Å². The third-order valence-corrected chi connectivity index (χ3v) is 4.93. The zero-order valence-corrected chi connectivity index (χ0v) is 13.5. The van der Waals surface area contributed by atoms with Crippen LogP contribution in [-0.4, -0.2) is 19.4 Å². The van der Waals surface area contributed by atoms with E-state index >= 15 is 0 Å². The van der Waals surface area contributed by atoms with Crippen LogP contribution in [0.2, 0.25) is 0 Å². The molecule has 2 rings (SSSR count). The number of aryl methyl sites for hydroxylation is 2. The van der Waals surface area contributed by atoms with Crippen molar-refractivity contribution in [1.29, 1.82) is 0 Å². The van der Waals surface area contributed by atoms with Crippen molar-refractivity contribution >= 4 is 5.78 Å². The van der Waals surface area contributed by atoms with E-state index in [1.54, 1.807) is 7.11 Å². The summed E-state index contributed by atoms with van der Waals surface area (Å²) in [4.78, 5) is 12.8. The molecule has 116 valence electrons. The molecule has 1 aliphatic carbocycles. The van der Waals surface area contributed by atoms with Gasteiger partial charge < -0.3 is 10.5 Å². The first kappa shape index (κ1) is 16.0. The first-order chi connectivity index (χ1) is 10.0. The zero-order chi connectivity index (χ0) is 15.5. The molecule has 2 N–H and O–H groups in total. The van der Waals surface area contributed by atoms with Crippen LogP contribution in [0.25, 0.3) is 0 Å². The summed E-state index contributed by atoms with van der Waals surface area (Å²) >= 11 is 0. The second-order valence-corrected chi connectivity index (χ2v) is 6.50. The van der Waals surface area contributed by atoms with Crippen LogP contribution in [0, 0.1) is 19.3 Å². The third kappa shape index (κ3) is 3.46. The van der Waals surface area contributed by atoms with E-state index in [0.717, 1.165) is 35.3 Å². The van der Waals surface area contributed by atoms with Crippen molar-refractivity contribution in [3.63, 3.8) is 0 Å². The maximum atomic E-state index is 12.8. The van der Waals surface area contributed by atoms with Gasteiger partial charge in [-0.1, -0.05) is 19.3 Å². The molecule has 0 aromatic heterocycles. The predicted octanol–water partition coefficient (Wildman–Crippen LogP) is 3.79. The number of methoxy groups -OCH3 is 1. The Labute approximate surface area is 127 Å². The minimum absolute atomic E-state index is 0.0234. The SMILES string of the molecule is COc1cc(C)c(C(=O)CC2(CN)CCCCC2)cc1C. The molecule has 21 heavy (non-hydrogen) atoms. The van der Waals surface area contributed by atoms with Crippen LogP contribution in [0.5, 0.6) is 5.75 Å². The molecule has 0 aliphatic heterocycles. The Kier molecular flexibility index (Phi) is 5.04. The molecular weight excluding hydrogens is 262 g/mol. The van der Waals surface area contributed by atoms with Gasteiger partial charge in [-0.05, 0) is 61.9 Å². The number of hydrogen-bond acceptors (Lipinski definition) is 3. The number of benzene rings is 1. The lowest BCUT2D eigenvalue weighted by Gasteiger charge is -2.35. The molecule has 3 nitrogen and oxygen atoms in total. The van der Waals surface area contributed by atoms with Gasteiger partial charge in [-0.15, -0.1) is 0 Å². The van der Waals surface area contributed by atoms with Crippen molar-refractivity contribution in [2.24, 2.45) is 11.1 Å². The monoisotopic (exact) mass is 289 g/mol. The van der Waals surface area contributed by atoms with Crippen LogP contribution in [-0.2, 0) is 0 Å².